The number of anilines is 1. The SMILES string of the molecule is Cc1ccc(-c2nc(-c3ccc4c(c3)CCCC(=O)N4C(C)C)cs2)cn1. The van der Waals surface area contributed by atoms with Gasteiger partial charge in [0.2, 0.25) is 5.91 Å². The van der Waals surface area contributed by atoms with Gasteiger partial charge in [-0.1, -0.05) is 6.07 Å². The fraction of sp³-hybridized carbons (Fsp3) is 0.318. The van der Waals surface area contributed by atoms with Crippen LogP contribution in [0.4, 0.5) is 5.69 Å². The second-order valence-electron chi connectivity index (χ2n) is 7.28. The summed E-state index contributed by atoms with van der Waals surface area (Å²) in [6.45, 7) is 6.13. The molecule has 0 saturated carbocycles. The van der Waals surface area contributed by atoms with Gasteiger partial charge in [0.25, 0.3) is 0 Å². The third kappa shape index (κ3) is 3.52. The Balaban J connectivity index is 1.69. The highest BCUT2D eigenvalue weighted by Gasteiger charge is 2.24. The lowest BCUT2D eigenvalue weighted by atomic mass is 10.0. The number of benzene rings is 1. The number of amides is 1. The van der Waals surface area contributed by atoms with E-state index in [-0.39, 0.29) is 11.9 Å². The molecule has 4 rings (SSSR count). The molecular formula is C22H23N3OS. The monoisotopic (exact) mass is 377 g/mol. The maximum atomic E-state index is 12.5. The lowest BCUT2D eigenvalue weighted by molar-refractivity contribution is -0.118. The molecule has 0 radical (unpaired) electrons. The van der Waals surface area contributed by atoms with E-state index in [1.165, 1.54) is 5.56 Å². The third-order valence-corrected chi connectivity index (χ3v) is 5.81. The molecule has 1 amide bonds. The normalized spacial score (nSPS) is 14.4. The van der Waals surface area contributed by atoms with Crippen molar-refractivity contribution in [2.45, 2.75) is 46.1 Å². The zero-order chi connectivity index (χ0) is 19.0. The zero-order valence-electron chi connectivity index (χ0n) is 15.9. The summed E-state index contributed by atoms with van der Waals surface area (Å²) in [6, 6.07) is 10.6. The van der Waals surface area contributed by atoms with Crippen LogP contribution in [0.15, 0.2) is 41.9 Å². The summed E-state index contributed by atoms with van der Waals surface area (Å²) >= 11 is 1.64. The minimum absolute atomic E-state index is 0.167. The number of thiazole rings is 1. The van der Waals surface area contributed by atoms with Gasteiger partial charge in [-0.3, -0.25) is 9.78 Å². The molecule has 2 aromatic heterocycles. The van der Waals surface area contributed by atoms with Gasteiger partial charge in [-0.05, 0) is 63.4 Å². The molecule has 0 fully saturated rings. The quantitative estimate of drug-likeness (QED) is 0.625. The Hall–Kier alpha value is -2.53. The van der Waals surface area contributed by atoms with Crippen LogP contribution in [0.25, 0.3) is 21.8 Å². The number of pyridine rings is 1. The van der Waals surface area contributed by atoms with Crippen molar-refractivity contribution in [1.82, 2.24) is 9.97 Å². The molecule has 0 atom stereocenters. The van der Waals surface area contributed by atoms with Crippen molar-refractivity contribution in [3.63, 3.8) is 0 Å². The predicted octanol–water partition coefficient (Wildman–Crippen LogP) is 5.26. The van der Waals surface area contributed by atoms with E-state index in [1.807, 2.05) is 24.1 Å². The fourth-order valence-corrected chi connectivity index (χ4v) is 4.38. The van der Waals surface area contributed by atoms with E-state index in [0.29, 0.717) is 6.42 Å². The van der Waals surface area contributed by atoms with Crippen LogP contribution < -0.4 is 4.90 Å². The molecule has 0 saturated heterocycles. The summed E-state index contributed by atoms with van der Waals surface area (Å²) in [7, 11) is 0. The molecule has 0 unspecified atom stereocenters. The number of aryl methyl sites for hydroxylation is 2. The van der Waals surface area contributed by atoms with Crippen molar-refractivity contribution in [2.24, 2.45) is 0 Å². The van der Waals surface area contributed by atoms with Crippen molar-refractivity contribution >= 4 is 22.9 Å². The Kier molecular flexibility index (Phi) is 4.79. The molecule has 3 heterocycles. The van der Waals surface area contributed by atoms with E-state index >= 15 is 0 Å². The van der Waals surface area contributed by atoms with Crippen molar-refractivity contribution in [2.75, 3.05) is 4.90 Å². The van der Waals surface area contributed by atoms with E-state index in [0.717, 1.165) is 46.1 Å². The second-order valence-corrected chi connectivity index (χ2v) is 8.14. The number of carbonyl (C=O) groups excluding carboxylic acids is 1. The topological polar surface area (TPSA) is 46.1 Å². The molecule has 1 aromatic carbocycles. The van der Waals surface area contributed by atoms with Crippen LogP contribution in [0.3, 0.4) is 0 Å². The largest absolute Gasteiger partial charge is 0.310 e. The molecule has 138 valence electrons. The smallest absolute Gasteiger partial charge is 0.227 e. The zero-order valence-corrected chi connectivity index (χ0v) is 16.7. The standard InChI is InChI=1S/C22H23N3OS/c1-14(2)25-20-10-9-16(11-17(20)5-4-6-21(25)26)19-13-27-22(24-19)18-8-7-15(3)23-12-18/h7-14H,4-6H2,1-3H3. The maximum absolute atomic E-state index is 12.5. The first kappa shape index (κ1) is 17.9. The minimum Gasteiger partial charge on any atom is -0.310 e. The van der Waals surface area contributed by atoms with Crippen LogP contribution in [0.2, 0.25) is 0 Å². The maximum Gasteiger partial charge on any atom is 0.227 e. The summed E-state index contributed by atoms with van der Waals surface area (Å²) in [5.74, 6) is 0.222. The molecule has 0 N–H and O–H groups in total. The average molecular weight is 378 g/mol. The molecule has 0 bridgehead atoms. The Morgan fingerprint density at radius 2 is 1.93 bits per heavy atom. The van der Waals surface area contributed by atoms with Gasteiger partial charge in [0.15, 0.2) is 0 Å². The lowest BCUT2D eigenvalue weighted by Crippen LogP contribution is -2.36. The third-order valence-electron chi connectivity index (χ3n) is 4.92. The van der Waals surface area contributed by atoms with Crippen molar-refractivity contribution in [3.05, 3.63) is 53.2 Å². The lowest BCUT2D eigenvalue weighted by Gasteiger charge is -2.27. The second kappa shape index (κ2) is 7.24. The molecule has 4 nitrogen and oxygen atoms in total. The van der Waals surface area contributed by atoms with Crippen LogP contribution in [-0.4, -0.2) is 21.9 Å². The van der Waals surface area contributed by atoms with Crippen molar-refractivity contribution < 1.29 is 4.79 Å². The Morgan fingerprint density at radius 1 is 1.11 bits per heavy atom. The van der Waals surface area contributed by atoms with E-state index < -0.39 is 0 Å². The molecule has 3 aromatic rings. The molecule has 5 heteroatoms. The Morgan fingerprint density at radius 3 is 2.67 bits per heavy atom. The van der Waals surface area contributed by atoms with E-state index in [2.05, 4.69) is 48.5 Å². The first-order chi connectivity index (χ1) is 13.0. The summed E-state index contributed by atoms with van der Waals surface area (Å²) in [6.07, 6.45) is 4.32. The Bertz CT molecular complexity index is 975. The Labute approximate surface area is 163 Å². The van der Waals surface area contributed by atoms with Crippen LogP contribution >= 0.6 is 11.3 Å². The molecule has 0 spiro atoms. The van der Waals surface area contributed by atoms with Crippen molar-refractivity contribution in [1.29, 1.82) is 0 Å². The summed E-state index contributed by atoms with van der Waals surface area (Å²) in [4.78, 5) is 23.6. The van der Waals surface area contributed by atoms with Gasteiger partial charge in [-0.15, -0.1) is 11.3 Å². The van der Waals surface area contributed by atoms with Gasteiger partial charge in [0, 0.05) is 46.5 Å². The minimum atomic E-state index is 0.167. The van der Waals surface area contributed by atoms with E-state index in [9.17, 15) is 4.79 Å². The summed E-state index contributed by atoms with van der Waals surface area (Å²) < 4.78 is 0. The van der Waals surface area contributed by atoms with Gasteiger partial charge in [-0.25, -0.2) is 4.98 Å². The summed E-state index contributed by atoms with van der Waals surface area (Å²) in [5.41, 5.74) is 6.42. The number of aromatic nitrogens is 2. The first-order valence-electron chi connectivity index (χ1n) is 9.37. The molecule has 1 aliphatic rings. The highest BCUT2D eigenvalue weighted by atomic mass is 32.1. The number of nitrogens with zero attached hydrogens (tertiary/aromatic N) is 3. The number of hydrogen-bond donors (Lipinski definition) is 0. The van der Waals surface area contributed by atoms with Crippen LogP contribution in [0.1, 0.15) is 37.9 Å². The van der Waals surface area contributed by atoms with E-state index in [4.69, 9.17) is 4.98 Å². The number of hydrogen-bond acceptors (Lipinski definition) is 4. The molecular weight excluding hydrogens is 354 g/mol. The molecule has 1 aliphatic heterocycles. The summed E-state index contributed by atoms with van der Waals surface area (Å²) in [5, 5.41) is 3.07. The van der Waals surface area contributed by atoms with Crippen LogP contribution in [0.5, 0.6) is 0 Å². The average Bonchev–Trinajstić information content (AvgIpc) is 3.07. The predicted molar refractivity (Wildman–Crippen MR) is 111 cm³/mol. The number of rotatable bonds is 3. The number of fused-ring (bicyclic) bond motifs is 1. The van der Waals surface area contributed by atoms with Gasteiger partial charge in [-0.2, -0.15) is 0 Å². The van der Waals surface area contributed by atoms with Crippen LogP contribution in [0, 0.1) is 6.92 Å². The number of carbonyl (C=O) groups is 1. The highest BCUT2D eigenvalue weighted by Crippen LogP contribution is 2.34. The van der Waals surface area contributed by atoms with Crippen molar-refractivity contribution in [3.8, 4) is 21.8 Å². The van der Waals surface area contributed by atoms with E-state index in [1.54, 1.807) is 11.3 Å². The fourth-order valence-electron chi connectivity index (χ4n) is 3.56. The molecule has 27 heavy (non-hydrogen) atoms. The van der Waals surface area contributed by atoms with Gasteiger partial charge >= 0.3 is 0 Å². The van der Waals surface area contributed by atoms with Gasteiger partial charge in [0.05, 0.1) is 5.69 Å². The van der Waals surface area contributed by atoms with Crippen LogP contribution in [-0.2, 0) is 11.2 Å². The van der Waals surface area contributed by atoms with Gasteiger partial charge < -0.3 is 4.90 Å². The van der Waals surface area contributed by atoms with Gasteiger partial charge in [0.1, 0.15) is 5.01 Å². The molecule has 0 aliphatic carbocycles. The first-order valence-corrected chi connectivity index (χ1v) is 10.2. The highest BCUT2D eigenvalue weighted by molar-refractivity contribution is 7.13.